The summed E-state index contributed by atoms with van der Waals surface area (Å²) in [4.78, 5) is 46.6. The molecule has 4 N–H and O–H groups in total. The standard InChI is InChI=1S/C35H42N6O4/c1-24-15-17-40(18-16-24)33(43)31(28-14-13-26-11-7-8-12-27(26)19-28)41-20-30(37-23-41)39-32(42)29(38-34(44)35(2,3)36)22-45-21-25-9-5-4-6-10-25/h4-14,19-20,23-24,29,31H,15-18,21-22,36H2,1-3H3,(H,38,44)(H,39,42). The normalized spacial score (nSPS) is 15.4. The van der Waals surface area contributed by atoms with E-state index in [0.29, 0.717) is 19.0 Å². The zero-order valence-corrected chi connectivity index (χ0v) is 26.1. The summed E-state index contributed by atoms with van der Waals surface area (Å²) < 4.78 is 7.54. The molecule has 1 saturated heterocycles. The van der Waals surface area contributed by atoms with Gasteiger partial charge in [0.1, 0.15) is 12.1 Å². The van der Waals surface area contributed by atoms with Gasteiger partial charge in [0.15, 0.2) is 5.82 Å². The van der Waals surface area contributed by atoms with Crippen molar-refractivity contribution in [1.29, 1.82) is 0 Å². The molecule has 1 aromatic heterocycles. The highest BCUT2D eigenvalue weighted by Gasteiger charge is 2.31. The molecule has 3 aromatic carbocycles. The molecule has 2 unspecified atom stereocenters. The Morgan fingerprint density at radius 3 is 2.40 bits per heavy atom. The number of ether oxygens (including phenoxy) is 1. The van der Waals surface area contributed by atoms with Gasteiger partial charge in [-0.25, -0.2) is 4.98 Å². The smallest absolute Gasteiger partial charge is 0.250 e. The molecule has 5 rings (SSSR count). The third-order valence-electron chi connectivity index (χ3n) is 8.17. The summed E-state index contributed by atoms with van der Waals surface area (Å²) >= 11 is 0. The zero-order valence-electron chi connectivity index (χ0n) is 26.1. The Balaban J connectivity index is 1.36. The van der Waals surface area contributed by atoms with Crippen LogP contribution in [0.2, 0.25) is 0 Å². The largest absolute Gasteiger partial charge is 0.374 e. The molecule has 2 atom stereocenters. The summed E-state index contributed by atoms with van der Waals surface area (Å²) in [5.41, 5.74) is 6.56. The van der Waals surface area contributed by atoms with E-state index < -0.39 is 29.4 Å². The molecule has 3 amide bonds. The van der Waals surface area contributed by atoms with Gasteiger partial charge in [0.2, 0.25) is 11.8 Å². The summed E-state index contributed by atoms with van der Waals surface area (Å²) in [6.45, 7) is 6.94. The number of aromatic nitrogens is 2. The van der Waals surface area contributed by atoms with Crippen LogP contribution in [-0.2, 0) is 25.7 Å². The Bertz CT molecular complexity index is 1620. The molecule has 0 radical (unpaired) electrons. The first kappa shape index (κ1) is 31.9. The first-order valence-electron chi connectivity index (χ1n) is 15.4. The van der Waals surface area contributed by atoms with Crippen LogP contribution in [-0.4, -0.2) is 63.4 Å². The number of piperidine rings is 1. The number of benzene rings is 3. The SMILES string of the molecule is CC1CCN(C(=O)C(c2ccc3ccccc3c2)n2cnc(NC(=O)C(COCc3ccccc3)NC(=O)C(C)(C)N)c2)CC1. The second-order valence-electron chi connectivity index (χ2n) is 12.5. The molecule has 10 nitrogen and oxygen atoms in total. The molecule has 10 heteroatoms. The Kier molecular flexibility index (Phi) is 9.95. The summed E-state index contributed by atoms with van der Waals surface area (Å²) in [6, 6.07) is 21.9. The van der Waals surface area contributed by atoms with E-state index in [1.807, 2.05) is 77.7 Å². The van der Waals surface area contributed by atoms with Crippen molar-refractivity contribution in [2.75, 3.05) is 25.0 Å². The van der Waals surface area contributed by atoms with E-state index in [-0.39, 0.29) is 24.9 Å². The molecule has 1 aliphatic heterocycles. The van der Waals surface area contributed by atoms with Gasteiger partial charge >= 0.3 is 0 Å². The summed E-state index contributed by atoms with van der Waals surface area (Å²) in [5.74, 6) is -0.186. The van der Waals surface area contributed by atoms with Gasteiger partial charge in [-0.2, -0.15) is 0 Å². The summed E-state index contributed by atoms with van der Waals surface area (Å²) in [7, 11) is 0. The topological polar surface area (TPSA) is 132 Å². The van der Waals surface area contributed by atoms with Gasteiger partial charge in [-0.1, -0.05) is 73.7 Å². The van der Waals surface area contributed by atoms with Crippen LogP contribution in [0.15, 0.2) is 85.3 Å². The molecule has 236 valence electrons. The highest BCUT2D eigenvalue weighted by atomic mass is 16.5. The maximum absolute atomic E-state index is 14.0. The lowest BCUT2D eigenvalue weighted by Gasteiger charge is -2.33. The highest BCUT2D eigenvalue weighted by Crippen LogP contribution is 2.28. The van der Waals surface area contributed by atoms with Crippen LogP contribution in [0.25, 0.3) is 10.8 Å². The van der Waals surface area contributed by atoms with Crippen molar-refractivity contribution in [1.82, 2.24) is 19.8 Å². The van der Waals surface area contributed by atoms with Gasteiger partial charge in [0, 0.05) is 19.3 Å². The molecule has 2 heterocycles. The fraction of sp³-hybridized carbons (Fsp3) is 0.371. The van der Waals surface area contributed by atoms with Crippen LogP contribution in [0.1, 0.15) is 50.8 Å². The molecular formula is C35H42N6O4. The molecular weight excluding hydrogens is 568 g/mol. The number of anilines is 1. The van der Waals surface area contributed by atoms with Crippen LogP contribution >= 0.6 is 0 Å². The van der Waals surface area contributed by atoms with E-state index in [1.54, 1.807) is 30.9 Å². The molecule has 0 aliphatic carbocycles. The quantitative estimate of drug-likeness (QED) is 0.233. The number of imidazole rings is 1. The van der Waals surface area contributed by atoms with Crippen molar-refractivity contribution < 1.29 is 19.1 Å². The number of likely N-dealkylation sites (tertiary alicyclic amines) is 1. The van der Waals surface area contributed by atoms with Crippen molar-refractivity contribution in [3.63, 3.8) is 0 Å². The molecule has 0 bridgehead atoms. The molecule has 1 aliphatic rings. The van der Waals surface area contributed by atoms with Crippen LogP contribution in [0.5, 0.6) is 0 Å². The molecule has 0 saturated carbocycles. The van der Waals surface area contributed by atoms with E-state index in [2.05, 4.69) is 22.5 Å². The highest BCUT2D eigenvalue weighted by molar-refractivity contribution is 5.98. The Morgan fingerprint density at radius 1 is 1.00 bits per heavy atom. The van der Waals surface area contributed by atoms with Crippen LogP contribution in [0, 0.1) is 5.92 Å². The molecule has 0 spiro atoms. The number of fused-ring (bicyclic) bond motifs is 1. The predicted molar refractivity (Wildman–Crippen MR) is 174 cm³/mol. The van der Waals surface area contributed by atoms with E-state index in [0.717, 1.165) is 34.7 Å². The van der Waals surface area contributed by atoms with E-state index in [4.69, 9.17) is 10.5 Å². The van der Waals surface area contributed by atoms with Crippen molar-refractivity contribution in [3.05, 3.63) is 96.4 Å². The average Bonchev–Trinajstić information content (AvgIpc) is 3.48. The van der Waals surface area contributed by atoms with Gasteiger partial charge in [-0.15, -0.1) is 0 Å². The van der Waals surface area contributed by atoms with Gasteiger partial charge in [0.05, 0.1) is 25.1 Å². The predicted octanol–water partition coefficient (Wildman–Crippen LogP) is 4.26. The number of hydrogen-bond donors (Lipinski definition) is 3. The minimum atomic E-state index is -1.20. The fourth-order valence-electron chi connectivity index (χ4n) is 5.37. The Morgan fingerprint density at radius 2 is 1.69 bits per heavy atom. The molecule has 1 fully saturated rings. The lowest BCUT2D eigenvalue weighted by atomic mass is 9.96. The number of carbonyl (C=O) groups is 3. The second kappa shape index (κ2) is 14.0. The van der Waals surface area contributed by atoms with Gasteiger partial charge in [0.25, 0.3) is 5.91 Å². The fourth-order valence-corrected chi connectivity index (χ4v) is 5.37. The monoisotopic (exact) mass is 610 g/mol. The van der Waals surface area contributed by atoms with Crippen LogP contribution in [0.3, 0.4) is 0 Å². The summed E-state index contributed by atoms with van der Waals surface area (Å²) in [6.07, 6.45) is 5.13. The number of hydrogen-bond acceptors (Lipinski definition) is 6. The van der Waals surface area contributed by atoms with Crippen molar-refractivity contribution in [2.24, 2.45) is 11.7 Å². The van der Waals surface area contributed by atoms with Crippen LogP contribution in [0.4, 0.5) is 5.82 Å². The van der Waals surface area contributed by atoms with E-state index in [1.165, 1.54) is 0 Å². The first-order chi connectivity index (χ1) is 21.6. The van der Waals surface area contributed by atoms with Gasteiger partial charge < -0.3 is 30.6 Å². The number of carbonyl (C=O) groups excluding carboxylic acids is 3. The van der Waals surface area contributed by atoms with Gasteiger partial charge in [-0.05, 0) is 60.6 Å². The summed E-state index contributed by atoms with van der Waals surface area (Å²) in [5, 5.41) is 7.62. The number of rotatable bonds is 11. The van der Waals surface area contributed by atoms with E-state index in [9.17, 15) is 14.4 Å². The maximum Gasteiger partial charge on any atom is 0.250 e. The van der Waals surface area contributed by atoms with Crippen molar-refractivity contribution in [2.45, 2.75) is 57.8 Å². The number of amides is 3. The molecule has 45 heavy (non-hydrogen) atoms. The lowest BCUT2D eigenvalue weighted by molar-refractivity contribution is -0.135. The minimum Gasteiger partial charge on any atom is -0.374 e. The third-order valence-corrected chi connectivity index (χ3v) is 8.17. The minimum absolute atomic E-state index is 0.0166. The second-order valence-corrected chi connectivity index (χ2v) is 12.5. The third kappa shape index (κ3) is 8.14. The zero-order chi connectivity index (χ0) is 32.0. The first-order valence-corrected chi connectivity index (χ1v) is 15.4. The number of nitrogens with one attached hydrogen (secondary N) is 2. The Labute approximate surface area is 263 Å². The van der Waals surface area contributed by atoms with Crippen LogP contribution < -0.4 is 16.4 Å². The Hall–Kier alpha value is -4.54. The lowest BCUT2D eigenvalue weighted by Crippen LogP contribution is -2.56. The maximum atomic E-state index is 14.0. The van der Waals surface area contributed by atoms with Crippen molar-refractivity contribution >= 4 is 34.3 Å². The molecule has 4 aromatic rings. The van der Waals surface area contributed by atoms with Crippen molar-refractivity contribution in [3.8, 4) is 0 Å². The van der Waals surface area contributed by atoms with E-state index >= 15 is 0 Å². The number of nitrogens with zero attached hydrogens (tertiary/aromatic N) is 3. The van der Waals surface area contributed by atoms with Gasteiger partial charge in [-0.3, -0.25) is 14.4 Å². The number of nitrogens with two attached hydrogens (primary N) is 1. The average molecular weight is 611 g/mol.